The Kier molecular flexibility index (Phi) is 3.20. The minimum Gasteiger partial charge on any atom is -0.278 e. The van der Waals surface area contributed by atoms with Crippen LogP contribution in [0.15, 0.2) is 36.5 Å². The van der Waals surface area contributed by atoms with Gasteiger partial charge in [-0.25, -0.2) is 0 Å². The van der Waals surface area contributed by atoms with Gasteiger partial charge in [0.2, 0.25) is 0 Å². The molecule has 0 saturated carbocycles. The van der Waals surface area contributed by atoms with E-state index < -0.39 is 0 Å². The molecule has 1 heterocycles. The van der Waals surface area contributed by atoms with E-state index in [4.69, 9.17) is 0 Å². The number of nitrogens with one attached hydrogen (secondary N) is 1. The molecule has 2 heteroatoms. The van der Waals surface area contributed by atoms with Gasteiger partial charge in [0, 0.05) is 6.20 Å². The number of hydrogen-bond donors (Lipinski definition) is 1. The van der Waals surface area contributed by atoms with Crippen LogP contribution in [0.25, 0.3) is 12.2 Å². The zero-order valence-electron chi connectivity index (χ0n) is 9.64. The Bertz CT molecular complexity index is 450. The maximum absolute atomic E-state index is 3.90. The number of aromatic amines is 1. The Morgan fingerprint density at radius 2 is 1.81 bits per heavy atom. The monoisotopic (exact) mass is 212 g/mol. The lowest BCUT2D eigenvalue weighted by molar-refractivity contribution is 0.866. The van der Waals surface area contributed by atoms with Gasteiger partial charge in [0.05, 0.1) is 5.69 Å². The summed E-state index contributed by atoms with van der Waals surface area (Å²) in [6, 6.07) is 10.6. The predicted octanol–water partition coefficient (Wildman–Crippen LogP) is 3.70. The summed E-state index contributed by atoms with van der Waals surface area (Å²) in [4.78, 5) is 0. The van der Waals surface area contributed by atoms with Gasteiger partial charge in [-0.2, -0.15) is 5.10 Å². The van der Waals surface area contributed by atoms with Crippen LogP contribution >= 0.6 is 0 Å². The Hall–Kier alpha value is -1.83. The van der Waals surface area contributed by atoms with Crippen LogP contribution in [0.1, 0.15) is 36.6 Å². The van der Waals surface area contributed by atoms with Gasteiger partial charge in [0.1, 0.15) is 0 Å². The molecular formula is C14H16N2. The first-order valence-corrected chi connectivity index (χ1v) is 5.53. The van der Waals surface area contributed by atoms with E-state index in [1.54, 1.807) is 6.20 Å². The van der Waals surface area contributed by atoms with E-state index in [1.165, 1.54) is 11.1 Å². The van der Waals surface area contributed by atoms with Crippen molar-refractivity contribution in [2.75, 3.05) is 0 Å². The quantitative estimate of drug-likeness (QED) is 0.825. The lowest BCUT2D eigenvalue weighted by Gasteiger charge is -2.04. The molecule has 0 saturated heterocycles. The highest BCUT2D eigenvalue weighted by Gasteiger charge is 1.97. The molecule has 2 aromatic rings. The molecule has 0 aliphatic rings. The van der Waals surface area contributed by atoms with Crippen molar-refractivity contribution in [3.63, 3.8) is 0 Å². The van der Waals surface area contributed by atoms with E-state index in [-0.39, 0.29) is 0 Å². The SMILES string of the molecule is CC(C)c1ccc(/C=C/c2ccn[nH]2)cc1. The fourth-order valence-corrected chi connectivity index (χ4v) is 1.54. The average molecular weight is 212 g/mol. The van der Waals surface area contributed by atoms with Crippen molar-refractivity contribution in [1.82, 2.24) is 10.2 Å². The fraction of sp³-hybridized carbons (Fsp3) is 0.214. The molecular weight excluding hydrogens is 196 g/mol. The molecule has 82 valence electrons. The third kappa shape index (κ3) is 2.60. The summed E-state index contributed by atoms with van der Waals surface area (Å²) in [5, 5.41) is 6.80. The second-order valence-electron chi connectivity index (χ2n) is 4.17. The highest BCUT2D eigenvalue weighted by Crippen LogP contribution is 2.15. The highest BCUT2D eigenvalue weighted by molar-refractivity contribution is 5.67. The van der Waals surface area contributed by atoms with Crippen molar-refractivity contribution in [2.45, 2.75) is 19.8 Å². The normalized spacial score (nSPS) is 11.4. The van der Waals surface area contributed by atoms with Crippen LogP contribution in [0.2, 0.25) is 0 Å². The zero-order chi connectivity index (χ0) is 11.4. The maximum atomic E-state index is 3.90. The third-order valence-electron chi connectivity index (χ3n) is 2.58. The second-order valence-corrected chi connectivity index (χ2v) is 4.17. The minimum atomic E-state index is 0.589. The van der Waals surface area contributed by atoms with Crippen LogP contribution in [0.3, 0.4) is 0 Å². The number of aromatic nitrogens is 2. The highest BCUT2D eigenvalue weighted by atomic mass is 15.1. The molecule has 0 unspecified atom stereocenters. The van der Waals surface area contributed by atoms with E-state index in [0.717, 1.165) is 5.69 Å². The largest absolute Gasteiger partial charge is 0.278 e. The number of rotatable bonds is 3. The van der Waals surface area contributed by atoms with Crippen molar-refractivity contribution in [2.24, 2.45) is 0 Å². The summed E-state index contributed by atoms with van der Waals surface area (Å²) in [5.74, 6) is 0.589. The molecule has 0 radical (unpaired) electrons. The van der Waals surface area contributed by atoms with Crippen LogP contribution in [0.4, 0.5) is 0 Å². The summed E-state index contributed by atoms with van der Waals surface area (Å²) in [6.07, 6.45) is 5.86. The van der Waals surface area contributed by atoms with Crippen molar-refractivity contribution < 1.29 is 0 Å². The van der Waals surface area contributed by atoms with Gasteiger partial charge in [0.15, 0.2) is 0 Å². The smallest absolute Gasteiger partial charge is 0.0577 e. The second kappa shape index (κ2) is 4.79. The van der Waals surface area contributed by atoms with Crippen LogP contribution in [-0.4, -0.2) is 10.2 Å². The molecule has 0 fully saturated rings. The van der Waals surface area contributed by atoms with Crippen molar-refractivity contribution in [1.29, 1.82) is 0 Å². The Labute approximate surface area is 96.0 Å². The Morgan fingerprint density at radius 1 is 1.06 bits per heavy atom. The molecule has 0 spiro atoms. The molecule has 1 N–H and O–H groups in total. The summed E-state index contributed by atoms with van der Waals surface area (Å²) in [7, 11) is 0. The molecule has 0 atom stereocenters. The van der Waals surface area contributed by atoms with E-state index in [1.807, 2.05) is 12.1 Å². The predicted molar refractivity (Wildman–Crippen MR) is 68.0 cm³/mol. The molecule has 0 aliphatic carbocycles. The molecule has 2 nitrogen and oxygen atoms in total. The lowest BCUT2D eigenvalue weighted by Crippen LogP contribution is -1.85. The van der Waals surface area contributed by atoms with Gasteiger partial charge in [-0.3, -0.25) is 5.10 Å². The maximum Gasteiger partial charge on any atom is 0.0577 e. The lowest BCUT2D eigenvalue weighted by atomic mass is 10.0. The van der Waals surface area contributed by atoms with E-state index in [9.17, 15) is 0 Å². The summed E-state index contributed by atoms with van der Waals surface area (Å²) in [5.41, 5.74) is 3.60. The number of hydrogen-bond acceptors (Lipinski definition) is 1. The summed E-state index contributed by atoms with van der Waals surface area (Å²) < 4.78 is 0. The number of H-pyrrole nitrogens is 1. The van der Waals surface area contributed by atoms with E-state index in [2.05, 4.69) is 54.4 Å². The van der Waals surface area contributed by atoms with Gasteiger partial charge >= 0.3 is 0 Å². The standard InChI is InChI=1S/C14H16N2/c1-11(2)13-6-3-12(4-7-13)5-8-14-9-10-15-16-14/h3-11H,1-2H3,(H,15,16)/b8-5+. The van der Waals surface area contributed by atoms with Crippen LogP contribution in [0, 0.1) is 0 Å². The third-order valence-corrected chi connectivity index (χ3v) is 2.58. The van der Waals surface area contributed by atoms with Crippen molar-refractivity contribution >= 4 is 12.2 Å². The number of nitrogens with zero attached hydrogens (tertiary/aromatic N) is 1. The van der Waals surface area contributed by atoms with Crippen molar-refractivity contribution in [3.8, 4) is 0 Å². The van der Waals surface area contributed by atoms with Crippen LogP contribution in [0.5, 0.6) is 0 Å². The molecule has 0 bridgehead atoms. The molecule has 1 aromatic carbocycles. The van der Waals surface area contributed by atoms with Gasteiger partial charge in [-0.05, 0) is 29.2 Å². The Balaban J connectivity index is 2.11. The fourth-order valence-electron chi connectivity index (χ4n) is 1.54. The van der Waals surface area contributed by atoms with Gasteiger partial charge in [-0.15, -0.1) is 0 Å². The summed E-state index contributed by atoms with van der Waals surface area (Å²) >= 11 is 0. The zero-order valence-corrected chi connectivity index (χ0v) is 9.64. The average Bonchev–Trinajstić information content (AvgIpc) is 2.80. The van der Waals surface area contributed by atoms with E-state index >= 15 is 0 Å². The molecule has 1 aromatic heterocycles. The van der Waals surface area contributed by atoms with Gasteiger partial charge < -0.3 is 0 Å². The minimum absolute atomic E-state index is 0.589. The molecule has 2 rings (SSSR count). The summed E-state index contributed by atoms with van der Waals surface area (Å²) in [6.45, 7) is 4.41. The molecule has 0 amide bonds. The van der Waals surface area contributed by atoms with Gasteiger partial charge in [0.25, 0.3) is 0 Å². The van der Waals surface area contributed by atoms with Crippen molar-refractivity contribution in [3.05, 3.63) is 53.3 Å². The van der Waals surface area contributed by atoms with Crippen LogP contribution in [-0.2, 0) is 0 Å². The Morgan fingerprint density at radius 3 is 2.38 bits per heavy atom. The van der Waals surface area contributed by atoms with Crippen LogP contribution < -0.4 is 0 Å². The first-order valence-electron chi connectivity index (χ1n) is 5.53. The first-order chi connectivity index (χ1) is 7.75. The van der Waals surface area contributed by atoms with E-state index in [0.29, 0.717) is 5.92 Å². The van der Waals surface area contributed by atoms with Gasteiger partial charge in [-0.1, -0.05) is 44.2 Å². The molecule has 16 heavy (non-hydrogen) atoms. The first kappa shape index (κ1) is 10.7. The molecule has 0 aliphatic heterocycles. The topological polar surface area (TPSA) is 28.7 Å². The number of benzene rings is 1.